The largest absolute Gasteiger partial charge is 0.452 e. The van der Waals surface area contributed by atoms with E-state index in [1.165, 1.54) is 24.3 Å². The van der Waals surface area contributed by atoms with Crippen LogP contribution in [0.2, 0.25) is 0 Å². The summed E-state index contributed by atoms with van der Waals surface area (Å²) in [7, 11) is 0. The van der Waals surface area contributed by atoms with Crippen LogP contribution in [0.1, 0.15) is 33.6 Å². The SMILES string of the molecule is Cc1c(C#N)c(NC(=O)COC(=O)c2ccc(NC(=O)CC#N)cc2)n(-c2ccccc2)c1C. The summed E-state index contributed by atoms with van der Waals surface area (Å²) < 4.78 is 6.87. The Morgan fingerprint density at radius 1 is 0.941 bits per heavy atom. The highest BCUT2D eigenvalue weighted by atomic mass is 16.5. The van der Waals surface area contributed by atoms with Gasteiger partial charge in [-0.25, -0.2) is 4.79 Å². The van der Waals surface area contributed by atoms with Gasteiger partial charge in [0.2, 0.25) is 5.91 Å². The van der Waals surface area contributed by atoms with Crippen LogP contribution in [0.3, 0.4) is 0 Å². The van der Waals surface area contributed by atoms with Crippen molar-refractivity contribution in [2.75, 3.05) is 17.2 Å². The number of benzene rings is 2. The number of amides is 2. The molecule has 9 heteroatoms. The van der Waals surface area contributed by atoms with Crippen molar-refractivity contribution in [3.63, 3.8) is 0 Å². The van der Waals surface area contributed by atoms with E-state index in [-0.39, 0.29) is 12.0 Å². The van der Waals surface area contributed by atoms with Gasteiger partial charge in [0.05, 0.1) is 17.2 Å². The first-order chi connectivity index (χ1) is 16.3. The summed E-state index contributed by atoms with van der Waals surface area (Å²) in [6.07, 6.45) is -0.279. The van der Waals surface area contributed by atoms with Crippen molar-refractivity contribution in [2.45, 2.75) is 20.3 Å². The number of carbonyl (C=O) groups is 3. The number of carbonyl (C=O) groups excluding carboxylic acids is 3. The predicted octanol–water partition coefficient (Wildman–Crippen LogP) is 3.61. The van der Waals surface area contributed by atoms with Gasteiger partial charge in [-0.2, -0.15) is 10.5 Å². The third-order valence-electron chi connectivity index (χ3n) is 5.08. The summed E-state index contributed by atoms with van der Waals surface area (Å²) in [5.41, 5.74) is 3.25. The summed E-state index contributed by atoms with van der Waals surface area (Å²) in [6.45, 7) is 3.10. The molecule has 0 atom stereocenters. The van der Waals surface area contributed by atoms with Crippen LogP contribution in [0.4, 0.5) is 11.5 Å². The van der Waals surface area contributed by atoms with Gasteiger partial charge < -0.3 is 15.4 Å². The molecule has 2 N–H and O–H groups in total. The van der Waals surface area contributed by atoms with Crippen LogP contribution in [0.25, 0.3) is 5.69 Å². The van der Waals surface area contributed by atoms with Crippen LogP contribution < -0.4 is 10.6 Å². The number of ether oxygens (including phenoxy) is 1. The van der Waals surface area contributed by atoms with Crippen molar-refractivity contribution in [3.05, 3.63) is 77.0 Å². The van der Waals surface area contributed by atoms with E-state index in [1.807, 2.05) is 37.3 Å². The molecular weight excluding hydrogens is 434 g/mol. The van der Waals surface area contributed by atoms with Gasteiger partial charge in [0.1, 0.15) is 18.3 Å². The van der Waals surface area contributed by atoms with Gasteiger partial charge in [0.15, 0.2) is 6.61 Å². The molecule has 0 spiro atoms. The van der Waals surface area contributed by atoms with E-state index in [4.69, 9.17) is 10.00 Å². The number of para-hydroxylation sites is 1. The highest BCUT2D eigenvalue weighted by Crippen LogP contribution is 2.29. The zero-order chi connectivity index (χ0) is 24.7. The van der Waals surface area contributed by atoms with Crippen molar-refractivity contribution in [3.8, 4) is 17.8 Å². The summed E-state index contributed by atoms with van der Waals surface area (Å²) in [6, 6.07) is 19.0. The lowest BCUT2D eigenvalue weighted by molar-refractivity contribution is -0.119. The minimum Gasteiger partial charge on any atom is -0.452 e. The monoisotopic (exact) mass is 455 g/mol. The Morgan fingerprint density at radius 3 is 2.24 bits per heavy atom. The second-order valence-electron chi connectivity index (χ2n) is 7.30. The number of esters is 1. The molecule has 0 saturated carbocycles. The smallest absolute Gasteiger partial charge is 0.338 e. The van der Waals surface area contributed by atoms with Gasteiger partial charge in [0, 0.05) is 17.1 Å². The molecule has 1 aromatic heterocycles. The molecule has 0 bridgehead atoms. The van der Waals surface area contributed by atoms with Crippen LogP contribution in [-0.4, -0.2) is 29.0 Å². The fraction of sp³-hybridized carbons (Fsp3) is 0.160. The zero-order valence-electron chi connectivity index (χ0n) is 18.6. The first-order valence-corrected chi connectivity index (χ1v) is 10.3. The number of nitriles is 2. The Labute approximate surface area is 196 Å². The summed E-state index contributed by atoms with van der Waals surface area (Å²) in [5.74, 6) is -1.48. The van der Waals surface area contributed by atoms with Gasteiger partial charge in [-0.1, -0.05) is 18.2 Å². The molecule has 0 aliphatic rings. The van der Waals surface area contributed by atoms with Crippen molar-refractivity contribution >= 4 is 29.3 Å². The maximum atomic E-state index is 12.6. The van der Waals surface area contributed by atoms with E-state index in [9.17, 15) is 19.6 Å². The topological polar surface area (TPSA) is 137 Å². The molecule has 9 nitrogen and oxygen atoms in total. The minimum atomic E-state index is -0.726. The number of hydrogen-bond acceptors (Lipinski definition) is 6. The Bertz CT molecular complexity index is 1310. The second-order valence-corrected chi connectivity index (χ2v) is 7.30. The maximum absolute atomic E-state index is 12.6. The average Bonchev–Trinajstić information content (AvgIpc) is 3.07. The molecule has 2 aromatic carbocycles. The van der Waals surface area contributed by atoms with Crippen molar-refractivity contribution in [1.82, 2.24) is 4.57 Å². The Morgan fingerprint density at radius 2 is 1.62 bits per heavy atom. The molecule has 0 fully saturated rings. The van der Waals surface area contributed by atoms with Gasteiger partial charge in [-0.3, -0.25) is 14.2 Å². The molecule has 1 heterocycles. The fourth-order valence-corrected chi connectivity index (χ4v) is 3.31. The van der Waals surface area contributed by atoms with E-state index in [0.717, 1.165) is 16.9 Å². The Hall–Kier alpha value is -4.89. The molecule has 0 saturated heterocycles. The van der Waals surface area contributed by atoms with Crippen LogP contribution in [0.15, 0.2) is 54.6 Å². The number of rotatable bonds is 7. The third kappa shape index (κ3) is 5.29. The standard InChI is InChI=1S/C25H21N5O4/c1-16-17(2)30(20-6-4-3-5-7-20)24(21(16)14-27)29-23(32)15-34-25(33)18-8-10-19(11-9-18)28-22(31)12-13-26/h3-11H,12,15H2,1-2H3,(H,28,31)(H,29,32). The first-order valence-electron chi connectivity index (χ1n) is 10.3. The van der Waals surface area contributed by atoms with Gasteiger partial charge >= 0.3 is 5.97 Å². The van der Waals surface area contributed by atoms with Gasteiger partial charge in [0.25, 0.3) is 5.91 Å². The molecule has 0 unspecified atom stereocenters. The van der Waals surface area contributed by atoms with Crippen LogP contribution in [-0.2, 0) is 14.3 Å². The van der Waals surface area contributed by atoms with Crippen molar-refractivity contribution in [2.24, 2.45) is 0 Å². The van der Waals surface area contributed by atoms with Crippen LogP contribution in [0, 0.1) is 36.5 Å². The lowest BCUT2D eigenvalue weighted by Gasteiger charge is -2.13. The molecule has 0 aliphatic heterocycles. The normalized spacial score (nSPS) is 10.0. The molecule has 0 radical (unpaired) electrons. The van der Waals surface area contributed by atoms with Crippen molar-refractivity contribution < 1.29 is 19.1 Å². The molecule has 3 rings (SSSR count). The van der Waals surface area contributed by atoms with E-state index < -0.39 is 24.4 Å². The molecule has 34 heavy (non-hydrogen) atoms. The quantitative estimate of drug-likeness (QED) is 0.522. The highest BCUT2D eigenvalue weighted by molar-refractivity contribution is 5.97. The Balaban J connectivity index is 1.68. The Kier molecular flexibility index (Phi) is 7.42. The number of aromatic nitrogens is 1. The second kappa shape index (κ2) is 10.6. The van der Waals surface area contributed by atoms with Gasteiger partial charge in [-0.15, -0.1) is 0 Å². The lowest BCUT2D eigenvalue weighted by Crippen LogP contribution is -2.23. The number of nitrogens with zero attached hydrogens (tertiary/aromatic N) is 3. The lowest BCUT2D eigenvalue weighted by atomic mass is 10.2. The predicted molar refractivity (Wildman–Crippen MR) is 124 cm³/mol. The number of hydrogen-bond donors (Lipinski definition) is 2. The molecule has 170 valence electrons. The van der Waals surface area contributed by atoms with E-state index in [2.05, 4.69) is 16.7 Å². The molecular formula is C25H21N5O4. The zero-order valence-corrected chi connectivity index (χ0v) is 18.6. The number of nitrogens with one attached hydrogen (secondary N) is 2. The van der Waals surface area contributed by atoms with E-state index in [1.54, 1.807) is 17.6 Å². The van der Waals surface area contributed by atoms with Crippen molar-refractivity contribution in [1.29, 1.82) is 10.5 Å². The summed E-state index contributed by atoms with van der Waals surface area (Å²) in [4.78, 5) is 36.3. The fourth-order valence-electron chi connectivity index (χ4n) is 3.31. The summed E-state index contributed by atoms with van der Waals surface area (Å²) >= 11 is 0. The molecule has 2 amide bonds. The minimum absolute atomic E-state index is 0.183. The molecule has 3 aromatic rings. The van der Waals surface area contributed by atoms with E-state index in [0.29, 0.717) is 17.1 Å². The van der Waals surface area contributed by atoms with E-state index >= 15 is 0 Å². The van der Waals surface area contributed by atoms with Gasteiger partial charge in [-0.05, 0) is 55.8 Å². The highest BCUT2D eigenvalue weighted by Gasteiger charge is 2.21. The third-order valence-corrected chi connectivity index (χ3v) is 5.08. The average molecular weight is 455 g/mol. The first kappa shape index (κ1) is 23.8. The summed E-state index contributed by atoms with van der Waals surface area (Å²) in [5, 5.41) is 23.4. The molecule has 0 aliphatic carbocycles. The maximum Gasteiger partial charge on any atom is 0.338 e. The van der Waals surface area contributed by atoms with Crippen LogP contribution >= 0.6 is 0 Å². The number of anilines is 2. The van der Waals surface area contributed by atoms with Crippen LogP contribution in [0.5, 0.6) is 0 Å².